The summed E-state index contributed by atoms with van der Waals surface area (Å²) in [5.74, 6) is -3.60. The molecule has 0 aliphatic rings. The fraction of sp³-hybridized carbons (Fsp3) is 0.308. The summed E-state index contributed by atoms with van der Waals surface area (Å²) < 4.78 is 41.2. The summed E-state index contributed by atoms with van der Waals surface area (Å²) in [4.78, 5) is 0. The first-order valence-electron chi connectivity index (χ1n) is 5.99. The maximum atomic E-state index is 13.7. The van der Waals surface area contributed by atoms with Crippen molar-refractivity contribution in [3.8, 4) is 0 Å². The highest BCUT2D eigenvalue weighted by Crippen LogP contribution is 2.30. The molecule has 108 valence electrons. The number of nitrogens with zero attached hydrogens (tertiary/aromatic N) is 2. The van der Waals surface area contributed by atoms with Gasteiger partial charge in [0.15, 0.2) is 11.6 Å². The van der Waals surface area contributed by atoms with E-state index in [2.05, 4.69) is 5.10 Å². The summed E-state index contributed by atoms with van der Waals surface area (Å²) in [6.07, 6.45) is 0.512. The smallest absolute Gasteiger partial charge is 0.161 e. The van der Waals surface area contributed by atoms with Gasteiger partial charge in [-0.1, -0.05) is 18.5 Å². The molecule has 0 aliphatic carbocycles. The molecule has 1 unspecified atom stereocenters. The van der Waals surface area contributed by atoms with Crippen molar-refractivity contribution >= 4 is 11.6 Å². The maximum absolute atomic E-state index is 13.7. The normalized spacial score (nSPS) is 12.7. The number of aromatic nitrogens is 2. The summed E-state index contributed by atoms with van der Waals surface area (Å²) in [5, 5.41) is 14.3. The number of hydrogen-bond donors (Lipinski definition) is 1. The van der Waals surface area contributed by atoms with Crippen molar-refractivity contribution in [1.82, 2.24) is 9.78 Å². The molecular weight excluding hydrogens is 293 g/mol. The van der Waals surface area contributed by atoms with Crippen molar-refractivity contribution in [2.75, 3.05) is 0 Å². The summed E-state index contributed by atoms with van der Waals surface area (Å²) in [6.45, 7) is 2.36. The van der Waals surface area contributed by atoms with E-state index in [9.17, 15) is 18.3 Å². The zero-order valence-corrected chi connectivity index (χ0v) is 11.3. The van der Waals surface area contributed by atoms with E-state index >= 15 is 0 Å². The number of hydrogen-bond acceptors (Lipinski definition) is 2. The van der Waals surface area contributed by atoms with Crippen LogP contribution in [0.1, 0.15) is 30.7 Å². The number of rotatable bonds is 4. The Balaban J connectivity index is 2.48. The number of aryl methyl sites for hydroxylation is 1. The van der Waals surface area contributed by atoms with E-state index in [0.29, 0.717) is 18.7 Å². The van der Waals surface area contributed by atoms with Gasteiger partial charge in [0.1, 0.15) is 11.9 Å². The van der Waals surface area contributed by atoms with Crippen LogP contribution in [0.25, 0.3) is 0 Å². The van der Waals surface area contributed by atoms with Crippen molar-refractivity contribution in [2.45, 2.75) is 26.0 Å². The third kappa shape index (κ3) is 2.66. The Morgan fingerprint density at radius 3 is 2.55 bits per heavy atom. The topological polar surface area (TPSA) is 38.0 Å². The van der Waals surface area contributed by atoms with Gasteiger partial charge in [-0.05, 0) is 12.5 Å². The predicted octanol–water partition coefficient (Wildman–Crippen LogP) is 3.45. The maximum Gasteiger partial charge on any atom is 0.161 e. The van der Waals surface area contributed by atoms with E-state index < -0.39 is 23.6 Å². The van der Waals surface area contributed by atoms with Gasteiger partial charge in [0.25, 0.3) is 0 Å². The quantitative estimate of drug-likeness (QED) is 0.879. The third-order valence-corrected chi connectivity index (χ3v) is 3.15. The van der Waals surface area contributed by atoms with Gasteiger partial charge < -0.3 is 5.11 Å². The van der Waals surface area contributed by atoms with Crippen molar-refractivity contribution in [2.24, 2.45) is 0 Å². The molecule has 0 saturated heterocycles. The zero-order chi connectivity index (χ0) is 14.9. The van der Waals surface area contributed by atoms with Crippen LogP contribution in [-0.2, 0) is 6.54 Å². The van der Waals surface area contributed by atoms with Gasteiger partial charge in [0.2, 0.25) is 0 Å². The molecule has 0 spiro atoms. The minimum atomic E-state index is -1.52. The lowest BCUT2D eigenvalue weighted by Gasteiger charge is -2.15. The Labute approximate surface area is 118 Å². The van der Waals surface area contributed by atoms with Gasteiger partial charge in [-0.3, -0.25) is 4.68 Å². The standard InChI is InChI=1S/C13H12ClF3N2O/c1-2-3-19-12(8(14)6-18-19)13(20)7-4-10(16)11(17)5-9(7)15/h4-6,13,20H,2-3H2,1H3. The first kappa shape index (κ1) is 14.9. The molecule has 0 aliphatic heterocycles. The van der Waals surface area contributed by atoms with E-state index in [1.165, 1.54) is 10.9 Å². The molecule has 7 heteroatoms. The Bertz CT molecular complexity index is 630. The van der Waals surface area contributed by atoms with Crippen LogP contribution in [-0.4, -0.2) is 14.9 Å². The summed E-state index contributed by atoms with van der Waals surface area (Å²) >= 11 is 5.92. The molecular formula is C13H12ClF3N2O. The van der Waals surface area contributed by atoms with Crippen molar-refractivity contribution in [1.29, 1.82) is 0 Å². The molecule has 20 heavy (non-hydrogen) atoms. The molecule has 0 fully saturated rings. The van der Waals surface area contributed by atoms with E-state index in [1.807, 2.05) is 6.92 Å². The highest BCUT2D eigenvalue weighted by atomic mass is 35.5. The van der Waals surface area contributed by atoms with E-state index in [0.717, 1.165) is 6.42 Å². The van der Waals surface area contributed by atoms with Crippen LogP contribution in [0, 0.1) is 17.5 Å². The molecule has 1 atom stereocenters. The van der Waals surface area contributed by atoms with E-state index in [1.54, 1.807) is 0 Å². The number of aliphatic hydroxyl groups excluding tert-OH is 1. The molecule has 1 aromatic carbocycles. The van der Waals surface area contributed by atoms with Gasteiger partial charge in [-0.15, -0.1) is 0 Å². The highest BCUT2D eigenvalue weighted by molar-refractivity contribution is 6.31. The molecule has 1 heterocycles. The predicted molar refractivity (Wildman–Crippen MR) is 67.9 cm³/mol. The minimum absolute atomic E-state index is 0.134. The molecule has 2 rings (SSSR count). The molecule has 0 amide bonds. The van der Waals surface area contributed by atoms with Gasteiger partial charge in [0, 0.05) is 18.2 Å². The van der Waals surface area contributed by atoms with Crippen LogP contribution in [0.2, 0.25) is 5.02 Å². The Morgan fingerprint density at radius 2 is 1.90 bits per heavy atom. The van der Waals surface area contributed by atoms with Crippen molar-refractivity contribution in [3.05, 3.63) is 52.1 Å². The van der Waals surface area contributed by atoms with Crippen LogP contribution in [0.5, 0.6) is 0 Å². The molecule has 0 saturated carbocycles. The minimum Gasteiger partial charge on any atom is -0.382 e. The SMILES string of the molecule is CCCn1ncc(Cl)c1C(O)c1cc(F)c(F)cc1F. The largest absolute Gasteiger partial charge is 0.382 e. The summed E-state index contributed by atoms with van der Waals surface area (Å²) in [5.41, 5.74) is -0.234. The third-order valence-electron chi connectivity index (χ3n) is 2.86. The Morgan fingerprint density at radius 1 is 1.25 bits per heavy atom. The summed E-state index contributed by atoms with van der Waals surface area (Å²) in [6, 6.07) is 1.01. The molecule has 1 aromatic heterocycles. The van der Waals surface area contributed by atoms with Crippen molar-refractivity contribution in [3.63, 3.8) is 0 Å². The Hall–Kier alpha value is -1.53. The molecule has 0 radical (unpaired) electrons. The zero-order valence-electron chi connectivity index (χ0n) is 10.6. The van der Waals surface area contributed by atoms with Gasteiger partial charge in [-0.2, -0.15) is 5.10 Å². The van der Waals surface area contributed by atoms with Gasteiger partial charge in [0.05, 0.1) is 16.9 Å². The lowest BCUT2D eigenvalue weighted by molar-refractivity contribution is 0.201. The number of halogens is 4. The molecule has 0 bridgehead atoms. The lowest BCUT2D eigenvalue weighted by Crippen LogP contribution is -2.12. The summed E-state index contributed by atoms with van der Waals surface area (Å²) in [7, 11) is 0. The number of benzene rings is 1. The van der Waals surface area contributed by atoms with Crippen LogP contribution in [0.4, 0.5) is 13.2 Å². The monoisotopic (exact) mass is 304 g/mol. The molecule has 1 N–H and O–H groups in total. The second kappa shape index (κ2) is 5.85. The molecule has 3 nitrogen and oxygen atoms in total. The van der Waals surface area contributed by atoms with Crippen molar-refractivity contribution < 1.29 is 18.3 Å². The molecule has 2 aromatic rings. The average Bonchev–Trinajstić information content (AvgIpc) is 2.75. The van der Waals surface area contributed by atoms with Crippen LogP contribution >= 0.6 is 11.6 Å². The first-order valence-corrected chi connectivity index (χ1v) is 6.37. The van der Waals surface area contributed by atoms with Crippen LogP contribution < -0.4 is 0 Å². The van der Waals surface area contributed by atoms with Gasteiger partial charge >= 0.3 is 0 Å². The van der Waals surface area contributed by atoms with E-state index in [4.69, 9.17) is 11.6 Å². The second-order valence-electron chi connectivity index (χ2n) is 4.29. The first-order chi connectivity index (χ1) is 9.45. The van der Waals surface area contributed by atoms with Crippen LogP contribution in [0.15, 0.2) is 18.3 Å². The fourth-order valence-electron chi connectivity index (χ4n) is 1.93. The highest BCUT2D eigenvalue weighted by Gasteiger charge is 2.24. The fourth-order valence-corrected chi connectivity index (χ4v) is 2.17. The Kier molecular flexibility index (Phi) is 4.35. The number of aliphatic hydroxyl groups is 1. The van der Waals surface area contributed by atoms with E-state index in [-0.39, 0.29) is 16.3 Å². The second-order valence-corrected chi connectivity index (χ2v) is 4.70. The van der Waals surface area contributed by atoms with Crippen LogP contribution in [0.3, 0.4) is 0 Å². The lowest BCUT2D eigenvalue weighted by atomic mass is 10.1. The average molecular weight is 305 g/mol. The van der Waals surface area contributed by atoms with Gasteiger partial charge in [-0.25, -0.2) is 13.2 Å².